The maximum absolute atomic E-state index is 12.3. The fourth-order valence-corrected chi connectivity index (χ4v) is 1.77. The largest absolute Gasteiger partial charge is 0.377 e. The van der Waals surface area contributed by atoms with Crippen LogP contribution in [0.2, 0.25) is 0 Å². The first-order valence-electron chi connectivity index (χ1n) is 5.27. The Balaban J connectivity index is 2.82. The average molecular weight is 234 g/mol. The minimum Gasteiger partial charge on any atom is -0.377 e. The molecule has 0 aromatic carbocycles. The Labute approximate surface area is 96.7 Å². The van der Waals surface area contributed by atoms with Crippen molar-refractivity contribution in [3.8, 4) is 0 Å². The summed E-state index contributed by atoms with van der Waals surface area (Å²) in [5.74, 6) is 0.463. The maximum atomic E-state index is 12.3. The summed E-state index contributed by atoms with van der Waals surface area (Å²) in [7, 11) is 0. The smallest absolute Gasteiger partial charge is 0.230 e. The molecule has 0 unspecified atom stereocenters. The lowest BCUT2D eigenvalue weighted by Crippen LogP contribution is -2.58. The molecule has 1 amide bonds. The predicted octanol–water partition coefficient (Wildman–Crippen LogP) is 1.89. The molecule has 1 heterocycles. The SMILES string of the molecule is CC(C)(CCl)C(=O)N1CCOCC1(C)C. The molecule has 0 bridgehead atoms. The summed E-state index contributed by atoms with van der Waals surface area (Å²) < 4.78 is 5.38. The van der Waals surface area contributed by atoms with Crippen molar-refractivity contribution < 1.29 is 9.53 Å². The fourth-order valence-electron chi connectivity index (χ4n) is 1.66. The van der Waals surface area contributed by atoms with Gasteiger partial charge in [-0.15, -0.1) is 11.6 Å². The Kier molecular flexibility index (Phi) is 3.67. The van der Waals surface area contributed by atoms with Gasteiger partial charge in [0.05, 0.1) is 24.2 Å². The van der Waals surface area contributed by atoms with Gasteiger partial charge in [-0.2, -0.15) is 0 Å². The van der Waals surface area contributed by atoms with Crippen LogP contribution in [0.4, 0.5) is 0 Å². The number of nitrogens with zero attached hydrogens (tertiary/aromatic N) is 1. The molecule has 0 aromatic heterocycles. The van der Waals surface area contributed by atoms with Gasteiger partial charge in [0.25, 0.3) is 0 Å². The van der Waals surface area contributed by atoms with E-state index in [1.54, 1.807) is 0 Å². The molecule has 1 fully saturated rings. The van der Waals surface area contributed by atoms with Crippen LogP contribution >= 0.6 is 11.6 Å². The maximum Gasteiger partial charge on any atom is 0.230 e. The molecule has 0 radical (unpaired) electrons. The fraction of sp³-hybridized carbons (Fsp3) is 0.909. The lowest BCUT2D eigenvalue weighted by molar-refractivity contribution is -0.154. The molecule has 1 aliphatic heterocycles. The van der Waals surface area contributed by atoms with Gasteiger partial charge in [0.15, 0.2) is 0 Å². The normalized spacial score (nSPS) is 21.5. The van der Waals surface area contributed by atoms with Gasteiger partial charge in [0, 0.05) is 12.4 Å². The highest BCUT2D eigenvalue weighted by atomic mass is 35.5. The van der Waals surface area contributed by atoms with Gasteiger partial charge in [-0.25, -0.2) is 0 Å². The van der Waals surface area contributed by atoms with E-state index in [2.05, 4.69) is 0 Å². The van der Waals surface area contributed by atoms with E-state index in [-0.39, 0.29) is 11.4 Å². The van der Waals surface area contributed by atoms with Crippen LogP contribution in [0.1, 0.15) is 27.7 Å². The zero-order valence-electron chi connectivity index (χ0n) is 9.97. The lowest BCUT2D eigenvalue weighted by Gasteiger charge is -2.45. The molecule has 0 spiro atoms. The molecule has 3 nitrogen and oxygen atoms in total. The van der Waals surface area contributed by atoms with Crippen LogP contribution in [-0.2, 0) is 9.53 Å². The van der Waals surface area contributed by atoms with Crippen molar-refractivity contribution in [2.45, 2.75) is 33.2 Å². The highest BCUT2D eigenvalue weighted by Crippen LogP contribution is 2.27. The molecule has 15 heavy (non-hydrogen) atoms. The van der Waals surface area contributed by atoms with Crippen LogP contribution in [0.5, 0.6) is 0 Å². The van der Waals surface area contributed by atoms with Crippen LogP contribution in [0, 0.1) is 5.41 Å². The topological polar surface area (TPSA) is 29.5 Å². The molecule has 0 aliphatic carbocycles. The van der Waals surface area contributed by atoms with Crippen molar-refractivity contribution >= 4 is 17.5 Å². The number of hydrogen-bond donors (Lipinski definition) is 0. The third-order valence-electron chi connectivity index (χ3n) is 2.80. The summed E-state index contributed by atoms with van der Waals surface area (Å²) in [6.45, 7) is 9.68. The number of carbonyl (C=O) groups is 1. The first kappa shape index (κ1) is 12.8. The Hall–Kier alpha value is -0.280. The van der Waals surface area contributed by atoms with Crippen molar-refractivity contribution in [2.24, 2.45) is 5.41 Å². The molecule has 0 N–H and O–H groups in total. The van der Waals surface area contributed by atoms with Gasteiger partial charge in [0.1, 0.15) is 0 Å². The third kappa shape index (κ3) is 2.64. The number of carbonyl (C=O) groups excluding carboxylic acids is 1. The van der Waals surface area contributed by atoms with Gasteiger partial charge in [0.2, 0.25) is 5.91 Å². The predicted molar refractivity (Wildman–Crippen MR) is 61.1 cm³/mol. The van der Waals surface area contributed by atoms with Gasteiger partial charge >= 0.3 is 0 Å². The molecule has 1 rings (SSSR count). The van der Waals surface area contributed by atoms with E-state index in [1.807, 2.05) is 32.6 Å². The second-order valence-electron chi connectivity index (χ2n) is 5.34. The number of hydrogen-bond acceptors (Lipinski definition) is 2. The Morgan fingerprint density at radius 3 is 2.60 bits per heavy atom. The summed E-state index contributed by atoms with van der Waals surface area (Å²) in [5, 5.41) is 0. The molecule has 88 valence electrons. The lowest BCUT2D eigenvalue weighted by atomic mass is 9.90. The first-order valence-corrected chi connectivity index (χ1v) is 5.80. The number of amides is 1. The van der Waals surface area contributed by atoms with Crippen molar-refractivity contribution in [2.75, 3.05) is 25.6 Å². The molecule has 0 aromatic rings. The standard InChI is InChI=1S/C11H20ClNO2/c1-10(2,7-12)9(14)13-5-6-15-8-11(13,3)4/h5-8H2,1-4H3. The molecular formula is C11H20ClNO2. The van der Waals surface area contributed by atoms with Crippen LogP contribution in [0.3, 0.4) is 0 Å². The Morgan fingerprint density at radius 1 is 1.53 bits per heavy atom. The average Bonchev–Trinajstić information content (AvgIpc) is 2.16. The van der Waals surface area contributed by atoms with Crippen molar-refractivity contribution in [3.63, 3.8) is 0 Å². The number of alkyl halides is 1. The zero-order valence-corrected chi connectivity index (χ0v) is 10.7. The number of rotatable bonds is 2. The highest BCUT2D eigenvalue weighted by molar-refractivity contribution is 6.19. The highest BCUT2D eigenvalue weighted by Gasteiger charge is 2.40. The summed E-state index contributed by atoms with van der Waals surface area (Å²) in [4.78, 5) is 14.1. The van der Waals surface area contributed by atoms with Crippen molar-refractivity contribution in [3.05, 3.63) is 0 Å². The van der Waals surface area contributed by atoms with Gasteiger partial charge < -0.3 is 9.64 Å². The Bertz CT molecular complexity index is 251. The molecule has 1 saturated heterocycles. The number of ether oxygens (including phenoxy) is 1. The molecular weight excluding hydrogens is 214 g/mol. The number of morpholine rings is 1. The quantitative estimate of drug-likeness (QED) is 0.682. The monoisotopic (exact) mass is 233 g/mol. The summed E-state index contributed by atoms with van der Waals surface area (Å²) in [6.07, 6.45) is 0. The second kappa shape index (κ2) is 4.30. The van der Waals surface area contributed by atoms with Crippen molar-refractivity contribution in [1.29, 1.82) is 0 Å². The molecule has 1 aliphatic rings. The van der Waals surface area contributed by atoms with E-state index >= 15 is 0 Å². The summed E-state index contributed by atoms with van der Waals surface area (Å²) >= 11 is 5.82. The second-order valence-corrected chi connectivity index (χ2v) is 5.61. The van der Waals surface area contributed by atoms with Crippen LogP contribution in [0.25, 0.3) is 0 Å². The summed E-state index contributed by atoms with van der Waals surface area (Å²) in [6, 6.07) is 0. The van der Waals surface area contributed by atoms with E-state index in [0.29, 0.717) is 25.6 Å². The number of halogens is 1. The minimum absolute atomic E-state index is 0.116. The van der Waals surface area contributed by atoms with Gasteiger partial charge in [-0.05, 0) is 27.7 Å². The molecule has 4 heteroatoms. The third-order valence-corrected chi connectivity index (χ3v) is 3.47. The first-order chi connectivity index (χ1) is 6.81. The van der Waals surface area contributed by atoms with E-state index in [9.17, 15) is 4.79 Å². The molecule has 0 atom stereocenters. The van der Waals surface area contributed by atoms with Gasteiger partial charge in [-0.1, -0.05) is 0 Å². The van der Waals surface area contributed by atoms with E-state index < -0.39 is 5.41 Å². The van der Waals surface area contributed by atoms with Crippen LogP contribution < -0.4 is 0 Å². The van der Waals surface area contributed by atoms with E-state index in [0.717, 1.165) is 0 Å². The minimum atomic E-state index is -0.490. The Morgan fingerprint density at radius 2 is 2.13 bits per heavy atom. The van der Waals surface area contributed by atoms with Crippen molar-refractivity contribution in [1.82, 2.24) is 4.90 Å². The van der Waals surface area contributed by atoms with E-state index in [4.69, 9.17) is 16.3 Å². The molecule has 0 saturated carbocycles. The van der Waals surface area contributed by atoms with E-state index in [1.165, 1.54) is 0 Å². The van der Waals surface area contributed by atoms with Crippen LogP contribution in [-0.4, -0.2) is 42.0 Å². The van der Waals surface area contributed by atoms with Gasteiger partial charge in [-0.3, -0.25) is 4.79 Å². The van der Waals surface area contributed by atoms with Crippen LogP contribution in [0.15, 0.2) is 0 Å². The zero-order chi connectivity index (χ0) is 11.7. The summed E-state index contributed by atoms with van der Waals surface area (Å²) in [5.41, 5.74) is -0.713.